The number of piperazine rings is 1. The number of rotatable bonds is 6. The first kappa shape index (κ1) is 22.6. The van der Waals surface area contributed by atoms with E-state index in [1.807, 2.05) is 29.2 Å². The summed E-state index contributed by atoms with van der Waals surface area (Å²) < 4.78 is 26.4. The fraction of sp³-hybridized carbons (Fsp3) is 0.364. The fourth-order valence-corrected chi connectivity index (χ4v) is 3.91. The quantitative estimate of drug-likeness (QED) is 0.714. The minimum atomic E-state index is -3.43. The molecule has 8 nitrogen and oxygen atoms in total. The Hall–Kier alpha value is -3.07. The monoisotopic (exact) mass is 444 g/mol. The lowest BCUT2D eigenvalue weighted by Gasteiger charge is -2.35. The van der Waals surface area contributed by atoms with Gasteiger partial charge in [-0.1, -0.05) is 0 Å². The van der Waals surface area contributed by atoms with Gasteiger partial charge in [0.15, 0.2) is 0 Å². The Morgan fingerprint density at radius 2 is 1.42 bits per heavy atom. The number of hydrogen-bond donors (Lipinski definition) is 2. The minimum absolute atomic E-state index is 0.100. The number of benzene rings is 2. The highest BCUT2D eigenvalue weighted by atomic mass is 32.2. The second kappa shape index (κ2) is 9.38. The normalized spacial score (nSPS) is 14.5. The van der Waals surface area contributed by atoms with E-state index in [2.05, 4.69) is 14.9 Å². The molecule has 1 saturated heterocycles. The number of hydrogen-bond acceptors (Lipinski definition) is 5. The van der Waals surface area contributed by atoms with Crippen molar-refractivity contribution in [2.45, 2.75) is 26.0 Å². The molecular formula is C22H28N4O4S. The summed E-state index contributed by atoms with van der Waals surface area (Å²) in [7, 11) is -3.43. The Kier molecular flexibility index (Phi) is 6.84. The summed E-state index contributed by atoms with van der Waals surface area (Å²) in [5, 5.41) is 2.30. The third kappa shape index (κ3) is 5.75. The molecule has 31 heavy (non-hydrogen) atoms. The van der Waals surface area contributed by atoms with Crippen LogP contribution < -0.4 is 14.9 Å². The van der Waals surface area contributed by atoms with Crippen LogP contribution in [0.25, 0.3) is 0 Å². The Morgan fingerprint density at radius 3 is 1.94 bits per heavy atom. The molecule has 1 aliphatic heterocycles. The number of nitrogens with one attached hydrogen (secondary N) is 2. The topological polar surface area (TPSA) is 98.8 Å². The molecule has 1 fully saturated rings. The first-order valence-electron chi connectivity index (χ1n) is 10.2. The van der Waals surface area contributed by atoms with Crippen LogP contribution >= 0.6 is 0 Å². The van der Waals surface area contributed by atoms with E-state index >= 15 is 0 Å². The number of carbonyl (C=O) groups excluding carboxylic acids is 2. The number of amides is 2. The fourth-order valence-electron chi connectivity index (χ4n) is 3.21. The van der Waals surface area contributed by atoms with Gasteiger partial charge in [0.25, 0.3) is 5.91 Å². The Labute approximate surface area is 183 Å². The zero-order valence-corrected chi connectivity index (χ0v) is 18.8. The molecule has 1 heterocycles. The highest BCUT2D eigenvalue weighted by Crippen LogP contribution is 2.21. The third-order valence-electron chi connectivity index (χ3n) is 5.24. The molecule has 2 aromatic carbocycles. The van der Waals surface area contributed by atoms with Crippen molar-refractivity contribution < 1.29 is 18.0 Å². The molecule has 1 aliphatic rings. The molecule has 0 bridgehead atoms. The van der Waals surface area contributed by atoms with Gasteiger partial charge in [-0.2, -0.15) is 0 Å². The maximum absolute atomic E-state index is 12.5. The van der Waals surface area contributed by atoms with E-state index in [9.17, 15) is 18.0 Å². The summed E-state index contributed by atoms with van der Waals surface area (Å²) in [6.45, 7) is 7.75. The van der Waals surface area contributed by atoms with Crippen LogP contribution in [0.3, 0.4) is 0 Å². The lowest BCUT2D eigenvalue weighted by atomic mass is 10.2. The van der Waals surface area contributed by atoms with Crippen LogP contribution in [0.1, 0.15) is 31.1 Å². The molecule has 0 atom stereocenters. The lowest BCUT2D eigenvalue weighted by Crippen LogP contribution is -2.48. The maximum atomic E-state index is 12.5. The van der Waals surface area contributed by atoms with Gasteiger partial charge in [-0.15, -0.1) is 0 Å². The van der Waals surface area contributed by atoms with Gasteiger partial charge < -0.3 is 15.1 Å². The molecule has 2 N–H and O–H groups in total. The Balaban J connectivity index is 1.58. The van der Waals surface area contributed by atoms with Gasteiger partial charge in [0, 0.05) is 55.7 Å². The molecule has 0 saturated carbocycles. The average molecular weight is 445 g/mol. The van der Waals surface area contributed by atoms with Gasteiger partial charge in [0.2, 0.25) is 15.9 Å². The van der Waals surface area contributed by atoms with E-state index in [0.29, 0.717) is 30.0 Å². The van der Waals surface area contributed by atoms with Crippen molar-refractivity contribution in [3.8, 4) is 0 Å². The Bertz CT molecular complexity index is 1030. The first-order chi connectivity index (χ1) is 14.7. The third-order valence-corrected chi connectivity index (χ3v) is 7.00. The Morgan fingerprint density at radius 1 is 0.871 bits per heavy atom. The summed E-state index contributed by atoms with van der Waals surface area (Å²) in [5.41, 5.74) is 2.56. The summed E-state index contributed by atoms with van der Waals surface area (Å²) in [4.78, 5) is 28.0. The van der Waals surface area contributed by atoms with Gasteiger partial charge in [0.05, 0.1) is 5.25 Å². The predicted octanol–water partition coefficient (Wildman–Crippen LogP) is 2.76. The zero-order chi connectivity index (χ0) is 22.6. The van der Waals surface area contributed by atoms with E-state index in [-0.39, 0.29) is 11.8 Å². The molecule has 0 aliphatic carbocycles. The minimum Gasteiger partial charge on any atom is -0.368 e. The number of anilines is 3. The second-order valence-electron chi connectivity index (χ2n) is 7.77. The van der Waals surface area contributed by atoms with Gasteiger partial charge in [-0.3, -0.25) is 14.3 Å². The van der Waals surface area contributed by atoms with E-state index in [0.717, 1.165) is 18.8 Å². The van der Waals surface area contributed by atoms with E-state index < -0.39 is 15.3 Å². The molecule has 0 radical (unpaired) electrons. The van der Waals surface area contributed by atoms with Crippen molar-refractivity contribution in [1.82, 2.24) is 4.90 Å². The van der Waals surface area contributed by atoms with Gasteiger partial charge in [-0.05, 0) is 62.4 Å². The zero-order valence-electron chi connectivity index (χ0n) is 18.0. The van der Waals surface area contributed by atoms with E-state index in [1.165, 1.54) is 0 Å². The van der Waals surface area contributed by atoms with E-state index in [4.69, 9.17) is 0 Å². The van der Waals surface area contributed by atoms with Gasteiger partial charge in [-0.25, -0.2) is 8.42 Å². The summed E-state index contributed by atoms with van der Waals surface area (Å²) in [6, 6.07) is 13.9. The van der Waals surface area contributed by atoms with Crippen molar-refractivity contribution >= 4 is 38.9 Å². The smallest absolute Gasteiger partial charge is 0.255 e. The molecule has 0 aromatic heterocycles. The maximum Gasteiger partial charge on any atom is 0.255 e. The molecule has 0 unspecified atom stereocenters. The molecule has 2 amide bonds. The van der Waals surface area contributed by atoms with E-state index in [1.54, 1.807) is 45.0 Å². The van der Waals surface area contributed by atoms with Crippen LogP contribution in [0.4, 0.5) is 17.1 Å². The van der Waals surface area contributed by atoms with Crippen molar-refractivity contribution in [1.29, 1.82) is 0 Å². The SMILES string of the molecule is CC(=O)N1CCN(c2ccc(NC(=O)c3ccc(NS(=O)(=O)C(C)C)cc3)cc2)CC1. The molecule has 166 valence electrons. The largest absolute Gasteiger partial charge is 0.368 e. The number of carbonyl (C=O) groups is 2. The average Bonchev–Trinajstić information content (AvgIpc) is 2.74. The van der Waals surface area contributed by atoms with Crippen LogP contribution in [0.15, 0.2) is 48.5 Å². The van der Waals surface area contributed by atoms with Crippen LogP contribution in [0.5, 0.6) is 0 Å². The van der Waals surface area contributed by atoms with Crippen LogP contribution in [-0.4, -0.2) is 56.6 Å². The second-order valence-corrected chi connectivity index (χ2v) is 10.0. The van der Waals surface area contributed by atoms with Crippen LogP contribution in [0, 0.1) is 0 Å². The first-order valence-corrected chi connectivity index (χ1v) is 11.7. The van der Waals surface area contributed by atoms with Crippen LogP contribution in [0.2, 0.25) is 0 Å². The summed E-state index contributed by atoms with van der Waals surface area (Å²) in [6.07, 6.45) is 0. The molecular weight excluding hydrogens is 416 g/mol. The summed E-state index contributed by atoms with van der Waals surface area (Å²) in [5.74, 6) is -0.177. The predicted molar refractivity (Wildman–Crippen MR) is 123 cm³/mol. The lowest BCUT2D eigenvalue weighted by molar-refractivity contribution is -0.129. The van der Waals surface area contributed by atoms with Crippen LogP contribution in [-0.2, 0) is 14.8 Å². The highest BCUT2D eigenvalue weighted by Gasteiger charge is 2.19. The number of sulfonamides is 1. The van der Waals surface area contributed by atoms with Gasteiger partial charge in [0.1, 0.15) is 0 Å². The molecule has 3 rings (SSSR count). The molecule has 0 spiro atoms. The van der Waals surface area contributed by atoms with Crippen molar-refractivity contribution in [2.75, 3.05) is 41.1 Å². The van der Waals surface area contributed by atoms with Crippen molar-refractivity contribution in [2.24, 2.45) is 0 Å². The van der Waals surface area contributed by atoms with Crippen molar-refractivity contribution in [3.63, 3.8) is 0 Å². The van der Waals surface area contributed by atoms with Crippen molar-refractivity contribution in [3.05, 3.63) is 54.1 Å². The standard InChI is InChI=1S/C22H28N4O4S/c1-16(2)31(29,30)24-20-6-4-18(5-7-20)22(28)23-19-8-10-21(11-9-19)26-14-12-25(13-15-26)17(3)27/h4-11,16,24H,12-15H2,1-3H3,(H,23,28). The molecule has 2 aromatic rings. The molecule has 9 heteroatoms. The van der Waals surface area contributed by atoms with Gasteiger partial charge >= 0.3 is 0 Å². The number of nitrogens with zero attached hydrogens (tertiary/aromatic N) is 2. The highest BCUT2D eigenvalue weighted by molar-refractivity contribution is 7.93. The summed E-state index contributed by atoms with van der Waals surface area (Å²) >= 11 is 0.